The fourth-order valence-electron chi connectivity index (χ4n) is 0.637. The van der Waals surface area contributed by atoms with Crippen molar-refractivity contribution in [2.45, 2.75) is 0 Å². The van der Waals surface area contributed by atoms with E-state index in [-0.39, 0.29) is 10.3 Å². The van der Waals surface area contributed by atoms with Crippen LogP contribution in [0.15, 0.2) is 16.0 Å². The number of nitrogens with one attached hydrogen (secondary N) is 2. The Morgan fingerprint density at radius 1 is 1.64 bits per heavy atom. The maximum atomic E-state index is 10.7. The van der Waals surface area contributed by atoms with Crippen molar-refractivity contribution in [2.24, 2.45) is 10.9 Å². The summed E-state index contributed by atoms with van der Waals surface area (Å²) in [6.45, 7) is 0. The smallest absolute Gasteiger partial charge is 0.252 e. The molecule has 0 saturated heterocycles. The van der Waals surface area contributed by atoms with Gasteiger partial charge in [0.05, 0.1) is 11.9 Å². The van der Waals surface area contributed by atoms with Gasteiger partial charge in [0.25, 0.3) is 5.56 Å². The van der Waals surface area contributed by atoms with Crippen molar-refractivity contribution < 1.29 is 0 Å². The lowest BCUT2D eigenvalue weighted by Crippen LogP contribution is -2.08. The molecule has 0 atom stereocenters. The molecule has 0 bridgehead atoms. The zero-order valence-electron chi connectivity index (χ0n) is 5.50. The second kappa shape index (κ2) is 3.11. The zero-order chi connectivity index (χ0) is 8.27. The average molecular weight is 170 g/mol. The maximum absolute atomic E-state index is 10.7. The third kappa shape index (κ3) is 2.01. The van der Waals surface area contributed by atoms with Gasteiger partial charge in [-0.05, 0) is 12.2 Å². The number of H-pyrrole nitrogens is 2. The van der Waals surface area contributed by atoms with Crippen LogP contribution in [0, 0.1) is 4.77 Å². The van der Waals surface area contributed by atoms with Gasteiger partial charge in [-0.3, -0.25) is 9.78 Å². The predicted octanol–water partition coefficient (Wildman–Crippen LogP) is -0.275. The Kier molecular flexibility index (Phi) is 2.17. The van der Waals surface area contributed by atoms with Crippen LogP contribution in [0.4, 0.5) is 0 Å². The van der Waals surface area contributed by atoms with E-state index in [0.29, 0.717) is 5.69 Å². The minimum absolute atomic E-state index is 0.257. The van der Waals surface area contributed by atoms with Crippen LogP contribution >= 0.6 is 12.2 Å². The molecule has 0 aliphatic carbocycles. The number of aromatic nitrogens is 2. The molecule has 1 heterocycles. The highest BCUT2D eigenvalue weighted by Crippen LogP contribution is 1.81. The van der Waals surface area contributed by atoms with Gasteiger partial charge in [-0.15, -0.1) is 0 Å². The van der Waals surface area contributed by atoms with Crippen molar-refractivity contribution in [3.8, 4) is 0 Å². The van der Waals surface area contributed by atoms with Gasteiger partial charge < -0.3 is 10.8 Å². The zero-order valence-corrected chi connectivity index (χ0v) is 6.31. The number of hydrogen-bond donors (Lipinski definition) is 3. The molecule has 0 radical (unpaired) electrons. The Morgan fingerprint density at radius 3 is 2.91 bits per heavy atom. The summed E-state index contributed by atoms with van der Waals surface area (Å²) in [6.07, 6.45) is 1.31. The Balaban J connectivity index is 3.30. The lowest BCUT2D eigenvalue weighted by atomic mass is 10.4. The third-order valence-corrected chi connectivity index (χ3v) is 1.20. The van der Waals surface area contributed by atoms with Crippen LogP contribution in [0.1, 0.15) is 5.69 Å². The van der Waals surface area contributed by atoms with Gasteiger partial charge in [0, 0.05) is 6.07 Å². The van der Waals surface area contributed by atoms with Gasteiger partial charge in [-0.2, -0.15) is 5.10 Å². The van der Waals surface area contributed by atoms with Crippen molar-refractivity contribution >= 4 is 18.4 Å². The molecule has 0 aliphatic heterocycles. The lowest BCUT2D eigenvalue weighted by molar-refractivity contribution is 1.08. The molecule has 0 saturated carbocycles. The van der Waals surface area contributed by atoms with E-state index in [0.717, 1.165) is 0 Å². The summed E-state index contributed by atoms with van der Waals surface area (Å²) in [5.41, 5.74) is 0.213. The normalized spacial score (nSPS) is 10.5. The first-order valence-corrected chi connectivity index (χ1v) is 3.20. The molecular weight excluding hydrogens is 164 g/mol. The van der Waals surface area contributed by atoms with Crippen LogP contribution in [0.5, 0.6) is 0 Å². The van der Waals surface area contributed by atoms with Gasteiger partial charge in [-0.1, -0.05) is 0 Å². The van der Waals surface area contributed by atoms with Gasteiger partial charge >= 0.3 is 0 Å². The van der Waals surface area contributed by atoms with Gasteiger partial charge in [0.15, 0.2) is 4.77 Å². The highest BCUT2D eigenvalue weighted by atomic mass is 32.1. The monoisotopic (exact) mass is 170 g/mol. The highest BCUT2D eigenvalue weighted by Gasteiger charge is 1.88. The molecule has 0 aromatic carbocycles. The molecule has 0 fully saturated rings. The van der Waals surface area contributed by atoms with Gasteiger partial charge in [-0.25, -0.2) is 0 Å². The molecule has 1 aromatic rings. The second-order valence-electron chi connectivity index (χ2n) is 1.82. The van der Waals surface area contributed by atoms with Gasteiger partial charge in [0.2, 0.25) is 0 Å². The molecule has 6 heteroatoms. The largest absolute Gasteiger partial charge is 0.331 e. The second-order valence-corrected chi connectivity index (χ2v) is 2.23. The number of hydrogen-bond acceptors (Lipinski definition) is 4. The molecule has 1 aromatic heterocycles. The van der Waals surface area contributed by atoms with E-state index < -0.39 is 0 Å². The number of hydrazone groups is 1. The van der Waals surface area contributed by atoms with E-state index in [2.05, 4.69) is 27.3 Å². The third-order valence-electron chi connectivity index (χ3n) is 0.995. The van der Waals surface area contributed by atoms with Crippen molar-refractivity contribution in [1.82, 2.24) is 9.97 Å². The van der Waals surface area contributed by atoms with E-state index in [4.69, 9.17) is 5.84 Å². The van der Waals surface area contributed by atoms with E-state index in [1.165, 1.54) is 12.3 Å². The van der Waals surface area contributed by atoms with Crippen molar-refractivity contribution in [3.63, 3.8) is 0 Å². The maximum Gasteiger partial charge on any atom is 0.252 e. The van der Waals surface area contributed by atoms with Crippen LogP contribution in [0.25, 0.3) is 0 Å². The SMILES string of the molecule is NN=Cc1cc(=O)[nH]c(=S)[nH]1. The fraction of sp³-hybridized carbons (Fsp3) is 0. The van der Waals surface area contributed by atoms with Crippen LogP contribution < -0.4 is 11.4 Å². The van der Waals surface area contributed by atoms with Crippen molar-refractivity contribution in [3.05, 3.63) is 26.9 Å². The molecule has 0 unspecified atom stereocenters. The summed E-state index contributed by atoms with van der Waals surface area (Å²) in [5, 5.41) is 3.23. The summed E-state index contributed by atoms with van der Waals surface area (Å²) in [7, 11) is 0. The summed E-state index contributed by atoms with van der Waals surface area (Å²) in [5.74, 6) is 4.86. The minimum atomic E-state index is -0.274. The quantitative estimate of drug-likeness (QED) is 0.234. The summed E-state index contributed by atoms with van der Waals surface area (Å²) in [4.78, 5) is 15.8. The Bertz CT molecular complexity index is 348. The number of aromatic amines is 2. The lowest BCUT2D eigenvalue weighted by Gasteiger charge is -1.89. The summed E-state index contributed by atoms with van der Waals surface area (Å²) < 4.78 is 0.257. The Morgan fingerprint density at radius 2 is 2.36 bits per heavy atom. The molecule has 58 valence electrons. The molecule has 1 rings (SSSR count). The van der Waals surface area contributed by atoms with E-state index in [1.54, 1.807) is 0 Å². The van der Waals surface area contributed by atoms with E-state index >= 15 is 0 Å². The molecule has 0 spiro atoms. The molecule has 5 nitrogen and oxygen atoms in total. The first kappa shape index (κ1) is 7.67. The predicted molar refractivity (Wildman–Crippen MR) is 44.0 cm³/mol. The number of nitrogens with zero attached hydrogens (tertiary/aromatic N) is 1. The topological polar surface area (TPSA) is 87.0 Å². The standard InChI is InChI=1S/C5H6N4OS/c6-7-2-3-1-4(10)9-5(11)8-3/h1-2H,6H2,(H2,8,9,10,11). The van der Waals surface area contributed by atoms with Crippen LogP contribution in [0.2, 0.25) is 0 Å². The Hall–Kier alpha value is -1.43. The first-order valence-electron chi connectivity index (χ1n) is 2.79. The Labute approximate surface area is 67.0 Å². The van der Waals surface area contributed by atoms with Gasteiger partial charge in [0.1, 0.15) is 0 Å². The minimum Gasteiger partial charge on any atom is -0.331 e. The number of rotatable bonds is 1. The molecule has 11 heavy (non-hydrogen) atoms. The molecule has 0 amide bonds. The molecular formula is C5H6N4OS. The van der Waals surface area contributed by atoms with Crippen molar-refractivity contribution in [2.75, 3.05) is 0 Å². The van der Waals surface area contributed by atoms with Crippen LogP contribution in [0.3, 0.4) is 0 Å². The van der Waals surface area contributed by atoms with Crippen LogP contribution in [-0.2, 0) is 0 Å². The van der Waals surface area contributed by atoms with E-state index in [9.17, 15) is 4.79 Å². The molecule has 0 aliphatic rings. The van der Waals surface area contributed by atoms with E-state index in [1.807, 2.05) is 0 Å². The fourth-order valence-corrected chi connectivity index (χ4v) is 0.856. The van der Waals surface area contributed by atoms with Crippen molar-refractivity contribution in [1.29, 1.82) is 0 Å². The number of nitrogens with two attached hydrogens (primary N) is 1. The summed E-state index contributed by atoms with van der Waals surface area (Å²) >= 11 is 4.69. The molecule has 4 N–H and O–H groups in total. The first-order chi connectivity index (χ1) is 5.22. The average Bonchev–Trinajstić information content (AvgIpc) is 1.85. The summed E-state index contributed by atoms with van der Waals surface area (Å²) in [6, 6.07) is 1.31. The highest BCUT2D eigenvalue weighted by molar-refractivity contribution is 7.71. The van der Waals surface area contributed by atoms with Crippen LogP contribution in [-0.4, -0.2) is 16.2 Å².